The minimum atomic E-state index is -0.747. The summed E-state index contributed by atoms with van der Waals surface area (Å²) in [6.45, 7) is -0.499. The minimum absolute atomic E-state index is 0.499. The molecule has 0 aliphatic heterocycles. The molecule has 0 aliphatic carbocycles. The van der Waals surface area contributed by atoms with Crippen molar-refractivity contribution in [3.05, 3.63) is 32.5 Å². The van der Waals surface area contributed by atoms with Gasteiger partial charge in [-0.2, -0.15) is 0 Å². The normalized spacial score (nSPS) is 9.78. The van der Waals surface area contributed by atoms with Gasteiger partial charge in [0.25, 0.3) is 0 Å². The van der Waals surface area contributed by atoms with Crippen LogP contribution in [0.4, 0.5) is 0 Å². The van der Waals surface area contributed by atoms with Crippen LogP contribution in [0.2, 0.25) is 0 Å². The second-order valence-corrected chi connectivity index (χ2v) is 1.19. The van der Waals surface area contributed by atoms with E-state index in [1.165, 1.54) is 0 Å². The van der Waals surface area contributed by atoms with E-state index in [0.717, 1.165) is 6.08 Å². The van der Waals surface area contributed by atoms with Gasteiger partial charge in [-0.1, -0.05) is 0 Å². The van der Waals surface area contributed by atoms with Gasteiger partial charge in [0.2, 0.25) is 12.7 Å². The van der Waals surface area contributed by atoms with Crippen LogP contribution < -0.4 is 0 Å². The van der Waals surface area contributed by atoms with Crippen LogP contribution >= 0.6 is 0 Å². The molecule has 0 aromatic heterocycles. The SMILES string of the molecule is O=[N+]([O-])/C=C/C[N+](=O)[O-]. The van der Waals surface area contributed by atoms with E-state index in [1.54, 1.807) is 0 Å². The average molecular weight is 132 g/mol. The maximum Gasteiger partial charge on any atom is 0.236 e. The van der Waals surface area contributed by atoms with Crippen LogP contribution in [0.3, 0.4) is 0 Å². The Labute approximate surface area is 50.1 Å². The van der Waals surface area contributed by atoms with Gasteiger partial charge < -0.3 is 0 Å². The van der Waals surface area contributed by atoms with Crippen molar-refractivity contribution in [2.45, 2.75) is 0 Å². The summed E-state index contributed by atoms with van der Waals surface area (Å²) in [6.07, 6.45) is 1.42. The molecule has 0 unspecified atom stereocenters. The van der Waals surface area contributed by atoms with Gasteiger partial charge in [0.15, 0.2) is 0 Å². The van der Waals surface area contributed by atoms with Gasteiger partial charge in [0.1, 0.15) is 0 Å². The van der Waals surface area contributed by atoms with E-state index in [-0.39, 0.29) is 0 Å². The topological polar surface area (TPSA) is 86.3 Å². The third-order valence-electron chi connectivity index (χ3n) is 0.482. The molecule has 0 bridgehead atoms. The molecule has 0 saturated heterocycles. The third-order valence-corrected chi connectivity index (χ3v) is 0.482. The molecule has 0 heterocycles. The molecule has 0 aromatic rings. The predicted molar refractivity (Wildman–Crippen MR) is 28.0 cm³/mol. The van der Waals surface area contributed by atoms with Crippen molar-refractivity contribution in [1.29, 1.82) is 0 Å². The number of rotatable bonds is 3. The average Bonchev–Trinajstić information content (AvgIpc) is 1.63. The van der Waals surface area contributed by atoms with Crippen molar-refractivity contribution < 1.29 is 9.85 Å². The van der Waals surface area contributed by atoms with E-state index < -0.39 is 16.4 Å². The lowest BCUT2D eigenvalue weighted by Crippen LogP contribution is -1.96. The Hall–Kier alpha value is -1.46. The second kappa shape index (κ2) is 3.53. The lowest BCUT2D eigenvalue weighted by atomic mass is 10.6. The lowest BCUT2D eigenvalue weighted by molar-refractivity contribution is -0.470. The molecule has 0 aliphatic rings. The van der Waals surface area contributed by atoms with E-state index in [2.05, 4.69) is 0 Å². The fourth-order valence-corrected chi connectivity index (χ4v) is 0.219. The first-order chi connectivity index (χ1) is 4.13. The monoisotopic (exact) mass is 132 g/mol. The van der Waals surface area contributed by atoms with Crippen LogP contribution in [0, 0.1) is 20.2 Å². The molecule has 0 fully saturated rings. The van der Waals surface area contributed by atoms with Gasteiger partial charge in [-0.3, -0.25) is 20.2 Å². The maximum atomic E-state index is 9.51. The molecule has 50 valence electrons. The predicted octanol–water partition coefficient (Wildman–Crippen LogP) is 0.0535. The molecule has 0 N–H and O–H groups in total. The first-order valence-corrected chi connectivity index (χ1v) is 2.05. The van der Waals surface area contributed by atoms with Crippen molar-refractivity contribution in [1.82, 2.24) is 0 Å². The number of hydrogen-bond donors (Lipinski definition) is 0. The zero-order chi connectivity index (χ0) is 7.28. The summed E-state index contributed by atoms with van der Waals surface area (Å²) >= 11 is 0. The molecule has 0 rings (SSSR count). The smallest absolute Gasteiger partial charge is 0.236 e. The van der Waals surface area contributed by atoms with E-state index in [1.807, 2.05) is 0 Å². The zero-order valence-corrected chi connectivity index (χ0v) is 4.39. The highest BCUT2D eigenvalue weighted by molar-refractivity contribution is 4.70. The van der Waals surface area contributed by atoms with Gasteiger partial charge in [0.05, 0.1) is 11.0 Å². The number of hydrogen-bond acceptors (Lipinski definition) is 4. The van der Waals surface area contributed by atoms with E-state index in [9.17, 15) is 20.2 Å². The van der Waals surface area contributed by atoms with E-state index >= 15 is 0 Å². The molecule has 0 atom stereocenters. The van der Waals surface area contributed by atoms with Gasteiger partial charge in [-0.05, 0) is 0 Å². The van der Waals surface area contributed by atoms with Gasteiger partial charge >= 0.3 is 0 Å². The first kappa shape index (κ1) is 7.54. The molecule has 6 heteroatoms. The van der Waals surface area contributed by atoms with Crippen LogP contribution in [0.25, 0.3) is 0 Å². The van der Waals surface area contributed by atoms with Crippen molar-refractivity contribution >= 4 is 0 Å². The Morgan fingerprint density at radius 3 is 2.22 bits per heavy atom. The highest BCUT2D eigenvalue weighted by Crippen LogP contribution is 1.74. The van der Waals surface area contributed by atoms with Crippen molar-refractivity contribution in [2.24, 2.45) is 0 Å². The Bertz CT molecular complexity index is 152. The van der Waals surface area contributed by atoms with Gasteiger partial charge in [-0.25, -0.2) is 0 Å². The van der Waals surface area contributed by atoms with Crippen molar-refractivity contribution in [3.63, 3.8) is 0 Å². The molecule has 9 heavy (non-hydrogen) atoms. The number of nitrogens with zero attached hydrogens (tertiary/aromatic N) is 2. The summed E-state index contributed by atoms with van der Waals surface area (Å²) in [4.78, 5) is 17.6. The minimum Gasteiger partial charge on any atom is -0.264 e. The van der Waals surface area contributed by atoms with Crippen LogP contribution in [-0.2, 0) is 0 Å². The third kappa shape index (κ3) is 6.54. The molecule has 6 nitrogen and oxygen atoms in total. The summed E-state index contributed by atoms with van der Waals surface area (Å²) in [5.41, 5.74) is 0. The van der Waals surface area contributed by atoms with E-state index in [0.29, 0.717) is 6.20 Å². The molecule has 0 spiro atoms. The summed E-state index contributed by atoms with van der Waals surface area (Å²) in [5, 5.41) is 19.0. The molecular formula is C3H4N2O4. The Morgan fingerprint density at radius 2 is 1.89 bits per heavy atom. The van der Waals surface area contributed by atoms with Crippen LogP contribution in [0.15, 0.2) is 12.3 Å². The summed E-state index contributed by atoms with van der Waals surface area (Å²) < 4.78 is 0. The quantitative estimate of drug-likeness (QED) is 0.401. The largest absolute Gasteiger partial charge is 0.264 e. The molecule has 0 aromatic carbocycles. The molecule has 0 radical (unpaired) electrons. The standard InChI is InChI=1S/C3H4N2O4/c6-4(7)2-1-3-5(8)9/h1-2H,3H2/b2-1+. The summed E-state index contributed by atoms with van der Waals surface area (Å²) in [7, 11) is 0. The van der Waals surface area contributed by atoms with Crippen LogP contribution in [-0.4, -0.2) is 16.4 Å². The van der Waals surface area contributed by atoms with Crippen LogP contribution in [0.1, 0.15) is 0 Å². The van der Waals surface area contributed by atoms with Gasteiger partial charge in [0, 0.05) is 4.92 Å². The van der Waals surface area contributed by atoms with E-state index in [4.69, 9.17) is 0 Å². The molecule has 0 saturated carbocycles. The Morgan fingerprint density at radius 1 is 1.33 bits per heavy atom. The fourth-order valence-electron chi connectivity index (χ4n) is 0.219. The first-order valence-electron chi connectivity index (χ1n) is 2.05. The second-order valence-electron chi connectivity index (χ2n) is 1.19. The summed E-state index contributed by atoms with van der Waals surface area (Å²) in [5.74, 6) is 0. The maximum absolute atomic E-state index is 9.51. The lowest BCUT2D eigenvalue weighted by Gasteiger charge is -1.78. The molecule has 0 amide bonds. The molecular weight excluding hydrogens is 128 g/mol. The van der Waals surface area contributed by atoms with Crippen molar-refractivity contribution in [3.8, 4) is 0 Å². The zero-order valence-electron chi connectivity index (χ0n) is 4.39. The Balaban J connectivity index is 3.48. The van der Waals surface area contributed by atoms with Gasteiger partial charge in [-0.15, -0.1) is 0 Å². The summed E-state index contributed by atoms with van der Waals surface area (Å²) in [6, 6.07) is 0. The van der Waals surface area contributed by atoms with Crippen LogP contribution in [0.5, 0.6) is 0 Å². The highest BCUT2D eigenvalue weighted by Gasteiger charge is 1.90. The fraction of sp³-hybridized carbons (Fsp3) is 0.333. The Kier molecular flexibility index (Phi) is 2.96. The number of nitro groups is 2. The van der Waals surface area contributed by atoms with Crippen molar-refractivity contribution in [2.75, 3.05) is 6.54 Å². The highest BCUT2D eigenvalue weighted by atomic mass is 16.6.